The van der Waals surface area contributed by atoms with Gasteiger partial charge in [0.1, 0.15) is 6.54 Å². The van der Waals surface area contributed by atoms with Crippen LogP contribution in [0.25, 0.3) is 0 Å². The number of nitrogens with zero attached hydrogens (tertiary/aromatic N) is 1. The molecule has 2 rings (SSSR count). The maximum absolute atomic E-state index is 11.6. The molecule has 0 aromatic heterocycles. The standard InChI is InChI=1S/C10H6ClNO3/c11-8(13)5-12-9(14)6-3-1-2-4-7(6)10(12)15/h1-4H,5H2/i12+1. The topological polar surface area (TPSA) is 54.5 Å². The summed E-state index contributed by atoms with van der Waals surface area (Å²) in [6.45, 7) is -0.381. The zero-order valence-electron chi connectivity index (χ0n) is 7.57. The maximum Gasteiger partial charge on any atom is 0.262 e. The fourth-order valence-corrected chi connectivity index (χ4v) is 1.63. The van der Waals surface area contributed by atoms with Crippen LogP contribution in [0.15, 0.2) is 24.3 Å². The summed E-state index contributed by atoms with van der Waals surface area (Å²) >= 11 is 5.15. The molecule has 2 amide bonds. The predicted octanol–water partition coefficient (Wildman–Crippen LogP) is 1.05. The first-order chi connectivity index (χ1) is 7.11. The summed E-state index contributed by atoms with van der Waals surface area (Å²) < 4.78 is 0. The minimum absolute atomic E-state index is 0.320. The predicted molar refractivity (Wildman–Crippen MR) is 52.7 cm³/mol. The molecule has 4 nitrogen and oxygen atoms in total. The van der Waals surface area contributed by atoms with Gasteiger partial charge in [0, 0.05) is 0 Å². The van der Waals surface area contributed by atoms with Crippen LogP contribution in [-0.2, 0) is 4.79 Å². The van der Waals surface area contributed by atoms with E-state index in [-0.39, 0.29) is 6.54 Å². The lowest BCUT2D eigenvalue weighted by Gasteiger charge is -2.09. The van der Waals surface area contributed by atoms with Crippen molar-refractivity contribution in [3.8, 4) is 0 Å². The van der Waals surface area contributed by atoms with Crippen molar-refractivity contribution in [3.63, 3.8) is 0 Å². The van der Waals surface area contributed by atoms with Gasteiger partial charge in [-0.2, -0.15) is 0 Å². The van der Waals surface area contributed by atoms with Gasteiger partial charge in [0.2, 0.25) is 5.24 Å². The Morgan fingerprint density at radius 3 is 2.00 bits per heavy atom. The average Bonchev–Trinajstić information content (AvgIpc) is 2.44. The molecule has 0 bridgehead atoms. The summed E-state index contributed by atoms with van der Waals surface area (Å²) in [6, 6.07) is 6.43. The number of halogens is 1. The summed E-state index contributed by atoms with van der Waals surface area (Å²) in [5.74, 6) is -0.936. The molecule has 0 atom stereocenters. The SMILES string of the molecule is O=C(Cl)C[15N]1C(=O)c2ccccc2C1=O. The number of carbonyl (C=O) groups is 3. The molecule has 1 aliphatic rings. The Morgan fingerprint density at radius 2 is 1.60 bits per heavy atom. The van der Waals surface area contributed by atoms with Crippen LogP contribution in [0.1, 0.15) is 20.7 Å². The highest BCUT2D eigenvalue weighted by Gasteiger charge is 2.35. The van der Waals surface area contributed by atoms with Crippen LogP contribution in [-0.4, -0.2) is 28.5 Å². The fraction of sp³-hybridized carbons (Fsp3) is 0.100. The summed E-state index contributed by atoms with van der Waals surface area (Å²) in [5.41, 5.74) is 0.640. The number of amides is 2. The first kappa shape index (κ1) is 9.86. The Morgan fingerprint density at radius 1 is 1.13 bits per heavy atom. The lowest BCUT2D eigenvalue weighted by molar-refractivity contribution is -0.112. The van der Waals surface area contributed by atoms with E-state index in [1.165, 1.54) is 0 Å². The van der Waals surface area contributed by atoms with Crippen LogP contribution >= 0.6 is 11.6 Å². The van der Waals surface area contributed by atoms with Crippen molar-refractivity contribution in [3.05, 3.63) is 35.4 Å². The van der Waals surface area contributed by atoms with Crippen molar-refractivity contribution in [2.45, 2.75) is 0 Å². The number of rotatable bonds is 2. The number of fused-ring (bicyclic) bond motifs is 1. The van der Waals surface area contributed by atoms with Crippen molar-refractivity contribution < 1.29 is 14.4 Å². The molecule has 0 aliphatic carbocycles. The van der Waals surface area contributed by atoms with E-state index in [1.54, 1.807) is 24.3 Å². The zero-order chi connectivity index (χ0) is 11.0. The van der Waals surface area contributed by atoms with E-state index in [0.29, 0.717) is 11.1 Å². The summed E-state index contributed by atoms with van der Waals surface area (Å²) in [6.07, 6.45) is 0. The van der Waals surface area contributed by atoms with Gasteiger partial charge in [0.15, 0.2) is 0 Å². The van der Waals surface area contributed by atoms with E-state index in [0.717, 1.165) is 4.90 Å². The molecule has 0 spiro atoms. The first-order valence-corrected chi connectivity index (χ1v) is 4.62. The van der Waals surface area contributed by atoms with Crippen LogP contribution in [0.4, 0.5) is 0 Å². The normalized spacial score (nSPS) is 14.3. The molecular formula is C10H6ClNO3. The first-order valence-electron chi connectivity index (χ1n) is 4.25. The maximum atomic E-state index is 11.6. The molecular weight excluding hydrogens is 219 g/mol. The van der Waals surface area contributed by atoms with E-state index < -0.39 is 17.1 Å². The third kappa shape index (κ3) is 1.53. The van der Waals surface area contributed by atoms with Gasteiger partial charge in [-0.25, -0.2) is 0 Å². The molecule has 1 aliphatic heterocycles. The highest BCUT2D eigenvalue weighted by atomic mass is 35.5. The lowest BCUT2D eigenvalue weighted by Crippen LogP contribution is -2.33. The van der Waals surface area contributed by atoms with Crippen molar-refractivity contribution in [2.24, 2.45) is 0 Å². The lowest BCUT2D eigenvalue weighted by atomic mass is 10.1. The van der Waals surface area contributed by atoms with Crippen LogP contribution < -0.4 is 0 Å². The third-order valence-electron chi connectivity index (χ3n) is 2.16. The van der Waals surface area contributed by atoms with Gasteiger partial charge >= 0.3 is 0 Å². The minimum atomic E-state index is -0.732. The number of hydrogen-bond donors (Lipinski definition) is 0. The molecule has 0 unspecified atom stereocenters. The number of benzene rings is 1. The highest BCUT2D eigenvalue weighted by molar-refractivity contribution is 6.64. The van der Waals surface area contributed by atoms with Crippen LogP contribution in [0.3, 0.4) is 0 Å². The summed E-state index contributed by atoms with van der Waals surface area (Å²) in [4.78, 5) is 34.8. The Labute approximate surface area is 90.4 Å². The second-order valence-corrected chi connectivity index (χ2v) is 3.52. The Hall–Kier alpha value is -1.68. The smallest absolute Gasteiger partial charge is 0.262 e. The molecule has 0 saturated heterocycles. The quantitative estimate of drug-likeness (QED) is 0.429. The van der Waals surface area contributed by atoms with E-state index in [2.05, 4.69) is 0 Å². The second kappa shape index (κ2) is 3.47. The third-order valence-corrected chi connectivity index (χ3v) is 2.28. The fourth-order valence-electron chi connectivity index (χ4n) is 1.51. The zero-order valence-corrected chi connectivity index (χ0v) is 8.32. The van der Waals surface area contributed by atoms with Crippen LogP contribution in [0, 0.1) is 0 Å². The Bertz CT molecular complexity index is 434. The number of imide groups is 1. The molecule has 0 saturated carbocycles. The summed E-state index contributed by atoms with van der Waals surface area (Å²) in [7, 11) is 0. The van der Waals surface area contributed by atoms with Gasteiger partial charge in [-0.3, -0.25) is 19.3 Å². The van der Waals surface area contributed by atoms with Gasteiger partial charge in [0.05, 0.1) is 11.1 Å². The second-order valence-electron chi connectivity index (χ2n) is 3.10. The molecule has 0 radical (unpaired) electrons. The van der Waals surface area contributed by atoms with Gasteiger partial charge in [-0.1, -0.05) is 12.1 Å². The molecule has 0 N–H and O–H groups in total. The molecule has 76 valence electrons. The molecule has 15 heavy (non-hydrogen) atoms. The van der Waals surface area contributed by atoms with Crippen molar-refractivity contribution in [2.75, 3.05) is 6.54 Å². The highest BCUT2D eigenvalue weighted by Crippen LogP contribution is 2.22. The van der Waals surface area contributed by atoms with Crippen molar-refractivity contribution in [1.29, 1.82) is 0 Å². The van der Waals surface area contributed by atoms with Crippen LogP contribution in [0.5, 0.6) is 0 Å². The molecule has 1 heterocycles. The van der Waals surface area contributed by atoms with Gasteiger partial charge in [0.25, 0.3) is 11.8 Å². The Balaban J connectivity index is 2.41. The van der Waals surface area contributed by atoms with E-state index in [1.807, 2.05) is 0 Å². The van der Waals surface area contributed by atoms with E-state index in [9.17, 15) is 14.4 Å². The molecule has 5 heteroatoms. The van der Waals surface area contributed by atoms with Crippen molar-refractivity contribution in [1.82, 2.24) is 4.90 Å². The minimum Gasteiger partial charge on any atom is -0.279 e. The largest absolute Gasteiger partial charge is 0.279 e. The monoisotopic (exact) mass is 224 g/mol. The van der Waals surface area contributed by atoms with Gasteiger partial charge in [-0.05, 0) is 23.7 Å². The number of carbonyl (C=O) groups excluding carboxylic acids is 3. The number of hydrogen-bond acceptors (Lipinski definition) is 3. The van der Waals surface area contributed by atoms with E-state index in [4.69, 9.17) is 11.6 Å². The average molecular weight is 225 g/mol. The molecule has 1 aromatic rings. The van der Waals surface area contributed by atoms with Crippen molar-refractivity contribution >= 4 is 28.7 Å². The van der Waals surface area contributed by atoms with Gasteiger partial charge in [-0.15, -0.1) is 0 Å². The van der Waals surface area contributed by atoms with Crippen LogP contribution in [0.2, 0.25) is 0 Å². The molecule has 1 aromatic carbocycles. The van der Waals surface area contributed by atoms with Gasteiger partial charge < -0.3 is 0 Å². The molecule has 0 fully saturated rings. The summed E-state index contributed by atoms with van der Waals surface area (Å²) in [5, 5.41) is -0.732. The van der Waals surface area contributed by atoms with E-state index >= 15 is 0 Å². The Kier molecular flexibility index (Phi) is 2.28.